The summed E-state index contributed by atoms with van der Waals surface area (Å²) in [6.45, 7) is 0.356. The van der Waals surface area contributed by atoms with Crippen molar-refractivity contribution in [2.75, 3.05) is 13.7 Å². The van der Waals surface area contributed by atoms with E-state index < -0.39 is 0 Å². The second-order valence-corrected chi connectivity index (χ2v) is 7.62. The van der Waals surface area contributed by atoms with Gasteiger partial charge in [-0.05, 0) is 41.8 Å². The number of aromatic nitrogens is 1. The molecule has 1 heterocycles. The van der Waals surface area contributed by atoms with E-state index in [9.17, 15) is 9.59 Å². The molecule has 2 atom stereocenters. The molecule has 2 aromatic carbocycles. The van der Waals surface area contributed by atoms with Crippen LogP contribution >= 0.6 is 11.6 Å². The highest BCUT2D eigenvalue weighted by Crippen LogP contribution is 2.32. The quantitative estimate of drug-likeness (QED) is 0.581. The standard InChI is InChI=1S/C22H22ClN3O3/c1-29-9-8-20(27)26-21-16-5-3-2-4-13(16)11-18(21)25-22(28)19-12-14-10-15(23)6-7-17(14)24-19/h2-7,10,12,18,21,24H,8-9,11H2,1H3,(H,25,28)(H,26,27)/t18-,21+/m1/s1. The molecule has 0 saturated carbocycles. The summed E-state index contributed by atoms with van der Waals surface area (Å²) in [6.07, 6.45) is 0.932. The highest BCUT2D eigenvalue weighted by atomic mass is 35.5. The van der Waals surface area contributed by atoms with Gasteiger partial charge in [0.2, 0.25) is 5.91 Å². The number of aromatic amines is 1. The minimum atomic E-state index is -0.279. The Labute approximate surface area is 173 Å². The van der Waals surface area contributed by atoms with E-state index in [0.29, 0.717) is 23.7 Å². The van der Waals surface area contributed by atoms with Crippen LogP contribution in [-0.2, 0) is 16.0 Å². The Balaban J connectivity index is 1.53. The van der Waals surface area contributed by atoms with Crippen molar-refractivity contribution in [1.82, 2.24) is 15.6 Å². The van der Waals surface area contributed by atoms with Crippen molar-refractivity contribution >= 4 is 34.3 Å². The van der Waals surface area contributed by atoms with E-state index in [4.69, 9.17) is 16.3 Å². The lowest BCUT2D eigenvalue weighted by Gasteiger charge is -2.23. The number of carbonyl (C=O) groups excluding carboxylic acids is 2. The van der Waals surface area contributed by atoms with E-state index in [1.54, 1.807) is 19.2 Å². The fourth-order valence-corrected chi connectivity index (χ4v) is 4.00. The maximum Gasteiger partial charge on any atom is 0.268 e. The zero-order valence-electron chi connectivity index (χ0n) is 16.0. The number of benzene rings is 2. The smallest absolute Gasteiger partial charge is 0.268 e. The number of ether oxygens (including phenoxy) is 1. The molecule has 3 aromatic rings. The molecule has 0 radical (unpaired) electrons. The van der Waals surface area contributed by atoms with Crippen molar-refractivity contribution in [3.05, 3.63) is 70.4 Å². The van der Waals surface area contributed by atoms with Gasteiger partial charge in [0.15, 0.2) is 0 Å². The first-order chi connectivity index (χ1) is 14.0. The van der Waals surface area contributed by atoms with Gasteiger partial charge in [-0.3, -0.25) is 9.59 Å². The largest absolute Gasteiger partial charge is 0.384 e. The Morgan fingerprint density at radius 1 is 1.17 bits per heavy atom. The average molecular weight is 412 g/mol. The first-order valence-corrected chi connectivity index (χ1v) is 9.88. The highest BCUT2D eigenvalue weighted by molar-refractivity contribution is 6.31. The summed E-state index contributed by atoms with van der Waals surface area (Å²) in [7, 11) is 1.56. The molecule has 2 amide bonds. The molecule has 6 nitrogen and oxygen atoms in total. The fraction of sp³-hybridized carbons (Fsp3) is 0.273. The molecule has 0 fully saturated rings. The Morgan fingerprint density at radius 3 is 2.83 bits per heavy atom. The number of rotatable bonds is 6. The molecule has 29 heavy (non-hydrogen) atoms. The number of carbonyl (C=O) groups is 2. The molecule has 0 bridgehead atoms. The van der Waals surface area contributed by atoms with Gasteiger partial charge in [0.25, 0.3) is 5.91 Å². The molecule has 0 aliphatic heterocycles. The van der Waals surface area contributed by atoms with Crippen LogP contribution in [0, 0.1) is 0 Å². The molecular weight excluding hydrogens is 390 g/mol. The average Bonchev–Trinajstić information content (AvgIpc) is 3.28. The van der Waals surface area contributed by atoms with Gasteiger partial charge >= 0.3 is 0 Å². The monoisotopic (exact) mass is 411 g/mol. The van der Waals surface area contributed by atoms with Gasteiger partial charge in [0.1, 0.15) is 5.69 Å². The SMILES string of the molecule is COCCC(=O)N[C@H]1c2ccccc2C[C@H]1NC(=O)c1cc2cc(Cl)ccc2[nH]1. The molecule has 1 aromatic heterocycles. The Kier molecular flexibility index (Phi) is 5.56. The number of halogens is 1. The van der Waals surface area contributed by atoms with Crippen LogP contribution in [0.25, 0.3) is 10.9 Å². The summed E-state index contributed by atoms with van der Waals surface area (Å²) in [5.74, 6) is -0.320. The van der Waals surface area contributed by atoms with Gasteiger partial charge in [-0.25, -0.2) is 0 Å². The second-order valence-electron chi connectivity index (χ2n) is 7.19. The topological polar surface area (TPSA) is 83.2 Å². The van der Waals surface area contributed by atoms with E-state index in [0.717, 1.165) is 22.0 Å². The second kappa shape index (κ2) is 8.27. The van der Waals surface area contributed by atoms with Crippen LogP contribution in [0.1, 0.15) is 34.1 Å². The first kappa shape index (κ1) is 19.5. The van der Waals surface area contributed by atoms with Gasteiger partial charge < -0.3 is 20.4 Å². The molecule has 0 unspecified atom stereocenters. The maximum absolute atomic E-state index is 12.9. The number of methoxy groups -OCH3 is 1. The van der Waals surface area contributed by atoms with Crippen molar-refractivity contribution in [3.63, 3.8) is 0 Å². The minimum Gasteiger partial charge on any atom is -0.384 e. The van der Waals surface area contributed by atoms with Gasteiger partial charge in [0.05, 0.1) is 18.7 Å². The van der Waals surface area contributed by atoms with Crippen LogP contribution in [0.15, 0.2) is 48.5 Å². The van der Waals surface area contributed by atoms with Crippen LogP contribution in [0.4, 0.5) is 0 Å². The summed E-state index contributed by atoms with van der Waals surface area (Å²) < 4.78 is 4.99. The van der Waals surface area contributed by atoms with Crippen LogP contribution in [0.3, 0.4) is 0 Å². The summed E-state index contributed by atoms with van der Waals surface area (Å²) in [5, 5.41) is 7.63. The molecule has 150 valence electrons. The zero-order valence-corrected chi connectivity index (χ0v) is 16.8. The summed E-state index contributed by atoms with van der Waals surface area (Å²) in [5.41, 5.74) is 3.46. The molecule has 1 aliphatic rings. The number of hydrogen-bond acceptors (Lipinski definition) is 3. The molecule has 0 saturated heterocycles. The highest BCUT2D eigenvalue weighted by Gasteiger charge is 2.34. The van der Waals surface area contributed by atoms with E-state index in [1.165, 1.54) is 0 Å². The van der Waals surface area contributed by atoms with E-state index in [-0.39, 0.29) is 30.3 Å². The first-order valence-electron chi connectivity index (χ1n) is 9.50. The van der Waals surface area contributed by atoms with Crippen molar-refractivity contribution in [2.45, 2.75) is 24.9 Å². The summed E-state index contributed by atoms with van der Waals surface area (Å²) >= 11 is 6.04. The predicted molar refractivity (Wildman–Crippen MR) is 112 cm³/mol. The molecular formula is C22H22ClN3O3. The fourth-order valence-electron chi connectivity index (χ4n) is 3.82. The maximum atomic E-state index is 12.9. The number of amides is 2. The van der Waals surface area contributed by atoms with Crippen molar-refractivity contribution in [3.8, 4) is 0 Å². The molecule has 3 N–H and O–H groups in total. The predicted octanol–water partition coefficient (Wildman–Crippen LogP) is 3.37. The van der Waals surface area contributed by atoms with Crippen LogP contribution in [0.2, 0.25) is 5.02 Å². The Bertz CT molecular complexity index is 1060. The number of fused-ring (bicyclic) bond motifs is 2. The van der Waals surface area contributed by atoms with Gasteiger partial charge in [-0.2, -0.15) is 0 Å². The third-order valence-corrected chi connectivity index (χ3v) is 5.46. The molecule has 4 rings (SSSR count). The van der Waals surface area contributed by atoms with E-state index in [1.807, 2.05) is 36.4 Å². The lowest BCUT2D eigenvalue weighted by atomic mass is 10.1. The van der Waals surface area contributed by atoms with Gasteiger partial charge in [-0.1, -0.05) is 35.9 Å². The summed E-state index contributed by atoms with van der Waals surface area (Å²) in [4.78, 5) is 28.3. The zero-order chi connectivity index (χ0) is 20.4. The molecule has 0 spiro atoms. The Morgan fingerprint density at radius 2 is 2.00 bits per heavy atom. The van der Waals surface area contributed by atoms with Crippen LogP contribution in [-0.4, -0.2) is 36.6 Å². The van der Waals surface area contributed by atoms with Crippen LogP contribution < -0.4 is 10.6 Å². The molecule has 7 heteroatoms. The lowest BCUT2D eigenvalue weighted by molar-refractivity contribution is -0.122. The van der Waals surface area contributed by atoms with E-state index in [2.05, 4.69) is 15.6 Å². The molecule has 1 aliphatic carbocycles. The van der Waals surface area contributed by atoms with Crippen molar-refractivity contribution < 1.29 is 14.3 Å². The third kappa shape index (κ3) is 4.13. The van der Waals surface area contributed by atoms with E-state index >= 15 is 0 Å². The third-order valence-electron chi connectivity index (χ3n) is 5.23. The normalized spacial score (nSPS) is 17.9. The number of hydrogen-bond donors (Lipinski definition) is 3. The lowest BCUT2D eigenvalue weighted by Crippen LogP contribution is -2.44. The van der Waals surface area contributed by atoms with Gasteiger partial charge in [0, 0.05) is 29.5 Å². The van der Waals surface area contributed by atoms with Crippen LogP contribution in [0.5, 0.6) is 0 Å². The van der Waals surface area contributed by atoms with Crippen molar-refractivity contribution in [2.24, 2.45) is 0 Å². The van der Waals surface area contributed by atoms with Crippen molar-refractivity contribution in [1.29, 1.82) is 0 Å². The Hall–Kier alpha value is -2.83. The van der Waals surface area contributed by atoms with Gasteiger partial charge in [-0.15, -0.1) is 0 Å². The minimum absolute atomic E-state index is 0.104. The number of nitrogens with one attached hydrogen (secondary N) is 3. The number of H-pyrrole nitrogens is 1. The summed E-state index contributed by atoms with van der Waals surface area (Å²) in [6, 6.07) is 14.6.